The Balaban J connectivity index is 2.17. The van der Waals surface area contributed by atoms with Gasteiger partial charge in [-0.05, 0) is 25.2 Å². The number of aliphatic carboxylic acids is 1. The SMILES string of the molecule is CCCN(CC(=O)O)C(=O)CCOCC1CC1. The van der Waals surface area contributed by atoms with Gasteiger partial charge in [0.05, 0.1) is 13.0 Å². The molecule has 0 spiro atoms. The van der Waals surface area contributed by atoms with Gasteiger partial charge in [-0.1, -0.05) is 6.92 Å². The third kappa shape index (κ3) is 6.26. The maximum atomic E-state index is 11.7. The molecule has 5 heteroatoms. The van der Waals surface area contributed by atoms with Crippen molar-refractivity contribution in [3.63, 3.8) is 0 Å². The summed E-state index contributed by atoms with van der Waals surface area (Å²) in [6.07, 6.45) is 3.51. The monoisotopic (exact) mass is 243 g/mol. The average Bonchev–Trinajstić information content (AvgIpc) is 3.07. The highest BCUT2D eigenvalue weighted by atomic mass is 16.5. The first kappa shape index (κ1) is 14.0. The van der Waals surface area contributed by atoms with Crippen LogP contribution in [0.3, 0.4) is 0 Å². The summed E-state index contributed by atoms with van der Waals surface area (Å²) >= 11 is 0. The van der Waals surface area contributed by atoms with Gasteiger partial charge in [0.1, 0.15) is 6.54 Å². The van der Waals surface area contributed by atoms with Gasteiger partial charge in [0.25, 0.3) is 0 Å². The lowest BCUT2D eigenvalue weighted by Gasteiger charge is -2.19. The number of carbonyl (C=O) groups is 2. The fourth-order valence-corrected chi connectivity index (χ4v) is 1.58. The summed E-state index contributed by atoms with van der Waals surface area (Å²) in [6, 6.07) is 0. The Morgan fingerprint density at radius 1 is 1.41 bits per heavy atom. The van der Waals surface area contributed by atoms with Crippen LogP contribution in [0, 0.1) is 5.92 Å². The minimum atomic E-state index is -0.967. The molecule has 1 amide bonds. The first-order valence-corrected chi connectivity index (χ1v) is 6.20. The van der Waals surface area contributed by atoms with Crippen LogP contribution in [-0.4, -0.2) is 48.2 Å². The van der Waals surface area contributed by atoms with E-state index >= 15 is 0 Å². The number of carboxylic acids is 1. The third-order valence-corrected chi connectivity index (χ3v) is 2.68. The zero-order chi connectivity index (χ0) is 12.7. The molecule has 1 rings (SSSR count). The summed E-state index contributed by atoms with van der Waals surface area (Å²) in [7, 11) is 0. The second-order valence-electron chi connectivity index (χ2n) is 4.48. The van der Waals surface area contributed by atoms with Gasteiger partial charge in [0.15, 0.2) is 0 Å². The number of amides is 1. The van der Waals surface area contributed by atoms with Gasteiger partial charge in [0.2, 0.25) is 5.91 Å². The fourth-order valence-electron chi connectivity index (χ4n) is 1.58. The second kappa shape index (κ2) is 7.27. The van der Waals surface area contributed by atoms with E-state index in [1.807, 2.05) is 6.92 Å². The van der Waals surface area contributed by atoms with E-state index in [0.717, 1.165) is 13.0 Å². The topological polar surface area (TPSA) is 66.8 Å². The molecule has 1 aliphatic rings. The molecule has 1 saturated carbocycles. The summed E-state index contributed by atoms with van der Waals surface area (Å²) < 4.78 is 5.37. The molecule has 1 aliphatic carbocycles. The zero-order valence-corrected chi connectivity index (χ0v) is 10.4. The van der Waals surface area contributed by atoms with E-state index in [1.54, 1.807) is 0 Å². The van der Waals surface area contributed by atoms with Crippen LogP contribution < -0.4 is 0 Å². The molecule has 0 bridgehead atoms. The van der Waals surface area contributed by atoms with Crippen molar-refractivity contribution in [2.24, 2.45) is 5.92 Å². The van der Waals surface area contributed by atoms with E-state index in [-0.39, 0.29) is 18.9 Å². The number of ether oxygens (including phenoxy) is 1. The Morgan fingerprint density at radius 3 is 2.65 bits per heavy atom. The normalized spacial score (nSPS) is 14.6. The van der Waals surface area contributed by atoms with Gasteiger partial charge in [-0.2, -0.15) is 0 Å². The largest absolute Gasteiger partial charge is 0.480 e. The third-order valence-electron chi connectivity index (χ3n) is 2.68. The number of carboxylic acid groups (broad SMARTS) is 1. The highest BCUT2D eigenvalue weighted by Gasteiger charge is 2.21. The second-order valence-corrected chi connectivity index (χ2v) is 4.48. The van der Waals surface area contributed by atoms with Crippen molar-refractivity contribution in [1.29, 1.82) is 0 Å². The molecule has 0 aromatic carbocycles. The van der Waals surface area contributed by atoms with Crippen LogP contribution in [0.4, 0.5) is 0 Å². The van der Waals surface area contributed by atoms with Crippen molar-refractivity contribution in [2.45, 2.75) is 32.6 Å². The molecule has 0 unspecified atom stereocenters. The maximum absolute atomic E-state index is 11.7. The molecule has 0 saturated heterocycles. The molecule has 1 fully saturated rings. The number of rotatable bonds is 9. The van der Waals surface area contributed by atoms with Crippen LogP contribution in [0.25, 0.3) is 0 Å². The molecule has 0 aromatic heterocycles. The molecular weight excluding hydrogens is 222 g/mol. The van der Waals surface area contributed by atoms with Crippen LogP contribution in [0.2, 0.25) is 0 Å². The molecule has 0 aliphatic heterocycles. The standard InChI is InChI=1S/C12H21NO4/c1-2-6-13(8-12(15)16)11(14)5-7-17-9-10-3-4-10/h10H,2-9H2,1H3,(H,15,16). The predicted octanol–water partition coefficient (Wildman–Crippen LogP) is 1.13. The van der Waals surface area contributed by atoms with Crippen LogP contribution >= 0.6 is 0 Å². The first-order valence-electron chi connectivity index (χ1n) is 6.20. The van der Waals surface area contributed by atoms with Crippen molar-refractivity contribution in [3.8, 4) is 0 Å². The van der Waals surface area contributed by atoms with Crippen LogP contribution in [0.5, 0.6) is 0 Å². The maximum Gasteiger partial charge on any atom is 0.323 e. The summed E-state index contributed by atoms with van der Waals surface area (Å²) in [5.74, 6) is -0.411. The highest BCUT2D eigenvalue weighted by molar-refractivity contribution is 5.81. The minimum Gasteiger partial charge on any atom is -0.480 e. The van der Waals surface area contributed by atoms with E-state index < -0.39 is 5.97 Å². The lowest BCUT2D eigenvalue weighted by atomic mass is 10.3. The number of hydrogen-bond acceptors (Lipinski definition) is 3. The van der Waals surface area contributed by atoms with Crippen molar-refractivity contribution in [2.75, 3.05) is 26.3 Å². The average molecular weight is 243 g/mol. The lowest BCUT2D eigenvalue weighted by Crippen LogP contribution is -2.36. The molecule has 0 radical (unpaired) electrons. The van der Waals surface area contributed by atoms with E-state index in [0.29, 0.717) is 19.1 Å². The molecular formula is C12H21NO4. The quantitative estimate of drug-likeness (QED) is 0.616. The van der Waals surface area contributed by atoms with Crippen LogP contribution in [0.15, 0.2) is 0 Å². The van der Waals surface area contributed by atoms with E-state index in [1.165, 1.54) is 17.7 Å². The predicted molar refractivity (Wildman–Crippen MR) is 62.7 cm³/mol. The molecule has 17 heavy (non-hydrogen) atoms. The van der Waals surface area contributed by atoms with Crippen molar-refractivity contribution >= 4 is 11.9 Å². The Morgan fingerprint density at radius 2 is 2.12 bits per heavy atom. The Bertz CT molecular complexity index is 263. The number of carbonyl (C=O) groups excluding carboxylic acids is 1. The Hall–Kier alpha value is -1.10. The summed E-state index contributed by atoms with van der Waals surface area (Å²) in [6.45, 7) is 3.34. The number of hydrogen-bond donors (Lipinski definition) is 1. The van der Waals surface area contributed by atoms with Gasteiger partial charge < -0.3 is 14.7 Å². The van der Waals surface area contributed by atoms with E-state index in [9.17, 15) is 9.59 Å². The molecule has 1 N–H and O–H groups in total. The van der Waals surface area contributed by atoms with Gasteiger partial charge in [-0.15, -0.1) is 0 Å². The van der Waals surface area contributed by atoms with Crippen LogP contribution in [-0.2, 0) is 14.3 Å². The Kier molecular flexibility index (Phi) is 5.97. The van der Waals surface area contributed by atoms with Gasteiger partial charge in [-0.3, -0.25) is 9.59 Å². The highest BCUT2D eigenvalue weighted by Crippen LogP contribution is 2.28. The molecule has 5 nitrogen and oxygen atoms in total. The lowest BCUT2D eigenvalue weighted by molar-refractivity contribution is -0.144. The fraction of sp³-hybridized carbons (Fsp3) is 0.833. The van der Waals surface area contributed by atoms with Crippen molar-refractivity contribution < 1.29 is 19.4 Å². The number of nitrogens with zero attached hydrogens (tertiary/aromatic N) is 1. The van der Waals surface area contributed by atoms with Crippen molar-refractivity contribution in [1.82, 2.24) is 4.90 Å². The summed E-state index contributed by atoms with van der Waals surface area (Å²) in [4.78, 5) is 23.7. The zero-order valence-electron chi connectivity index (χ0n) is 10.4. The minimum absolute atomic E-state index is 0.134. The molecule has 0 heterocycles. The van der Waals surface area contributed by atoms with E-state index in [2.05, 4.69) is 0 Å². The first-order chi connectivity index (χ1) is 8.13. The van der Waals surface area contributed by atoms with Gasteiger partial charge in [0, 0.05) is 13.2 Å². The summed E-state index contributed by atoms with van der Waals surface area (Å²) in [5, 5.41) is 8.69. The molecule has 0 aromatic rings. The van der Waals surface area contributed by atoms with E-state index in [4.69, 9.17) is 9.84 Å². The Labute approximate surface area is 102 Å². The smallest absolute Gasteiger partial charge is 0.323 e. The van der Waals surface area contributed by atoms with Gasteiger partial charge >= 0.3 is 5.97 Å². The molecule has 0 atom stereocenters. The van der Waals surface area contributed by atoms with Crippen LogP contribution in [0.1, 0.15) is 32.6 Å². The van der Waals surface area contributed by atoms with Gasteiger partial charge in [-0.25, -0.2) is 0 Å². The van der Waals surface area contributed by atoms with Crippen molar-refractivity contribution in [3.05, 3.63) is 0 Å². The molecule has 98 valence electrons. The summed E-state index contributed by atoms with van der Waals surface area (Å²) in [5.41, 5.74) is 0.